The number of aromatic hydroxyl groups is 1. The van der Waals surface area contributed by atoms with E-state index in [2.05, 4.69) is 0 Å². The van der Waals surface area contributed by atoms with Crippen molar-refractivity contribution in [2.45, 2.75) is 0 Å². The third-order valence-electron chi connectivity index (χ3n) is 2.86. The van der Waals surface area contributed by atoms with Crippen LogP contribution < -0.4 is 4.84 Å². The molecule has 6 nitrogen and oxygen atoms in total. The fourth-order valence-corrected chi connectivity index (χ4v) is 2.46. The van der Waals surface area contributed by atoms with E-state index in [4.69, 9.17) is 35.0 Å². The molecule has 2 rings (SSSR count). The Morgan fingerprint density at radius 1 is 1.18 bits per heavy atom. The molecule has 0 unspecified atom stereocenters. The standard InChI is InChI=1S/C13H7Cl3N2O4/c14-6-3-9(12(19)10(4-6)13(20)17-16)8-2-1-7(18(21)22)5-11(8)15/h1-5,19H,(H,17,20). The van der Waals surface area contributed by atoms with Crippen LogP contribution in [-0.2, 0) is 0 Å². The molecule has 0 aliphatic carbocycles. The molecule has 0 heterocycles. The highest BCUT2D eigenvalue weighted by atomic mass is 35.5. The summed E-state index contributed by atoms with van der Waals surface area (Å²) in [5.41, 5.74) is 0.0967. The highest BCUT2D eigenvalue weighted by Crippen LogP contribution is 2.39. The first-order valence-electron chi connectivity index (χ1n) is 5.73. The Morgan fingerprint density at radius 2 is 1.86 bits per heavy atom. The van der Waals surface area contributed by atoms with E-state index in [0.717, 1.165) is 6.07 Å². The van der Waals surface area contributed by atoms with E-state index in [1.54, 1.807) is 0 Å². The highest BCUT2D eigenvalue weighted by molar-refractivity contribution is 6.34. The van der Waals surface area contributed by atoms with Gasteiger partial charge in [0.05, 0.1) is 15.5 Å². The van der Waals surface area contributed by atoms with Crippen molar-refractivity contribution in [2.24, 2.45) is 0 Å². The first kappa shape index (κ1) is 16.4. The predicted molar refractivity (Wildman–Crippen MR) is 83.5 cm³/mol. The quantitative estimate of drug-likeness (QED) is 0.488. The second-order valence-corrected chi connectivity index (χ2v) is 5.23. The Morgan fingerprint density at radius 3 is 2.41 bits per heavy atom. The lowest BCUT2D eigenvalue weighted by Crippen LogP contribution is -2.12. The third kappa shape index (κ3) is 3.09. The minimum Gasteiger partial charge on any atom is -0.506 e. The average molecular weight is 362 g/mol. The van der Waals surface area contributed by atoms with Crippen molar-refractivity contribution >= 4 is 46.6 Å². The van der Waals surface area contributed by atoms with Crippen LogP contribution in [0.25, 0.3) is 11.1 Å². The number of amides is 1. The molecule has 0 spiro atoms. The number of nitrogens with one attached hydrogen (secondary N) is 1. The zero-order valence-corrected chi connectivity index (χ0v) is 12.9. The van der Waals surface area contributed by atoms with E-state index in [9.17, 15) is 20.0 Å². The molecule has 9 heteroatoms. The number of phenolic OH excluding ortho intramolecular Hbond substituents is 1. The molecule has 0 fully saturated rings. The molecule has 0 bridgehead atoms. The fourth-order valence-electron chi connectivity index (χ4n) is 1.86. The Hall–Kier alpha value is -2.02. The minimum atomic E-state index is -0.749. The SMILES string of the molecule is O=C(NCl)c1cc(Cl)cc(-c2ccc([N+](=O)[O-])cc2Cl)c1O. The lowest BCUT2D eigenvalue weighted by atomic mass is 10.0. The van der Waals surface area contributed by atoms with Gasteiger partial charge < -0.3 is 5.11 Å². The molecular weight excluding hydrogens is 355 g/mol. The number of carbonyl (C=O) groups excluding carboxylic acids is 1. The van der Waals surface area contributed by atoms with Crippen molar-refractivity contribution in [2.75, 3.05) is 0 Å². The highest BCUT2D eigenvalue weighted by Gasteiger charge is 2.19. The van der Waals surface area contributed by atoms with E-state index >= 15 is 0 Å². The van der Waals surface area contributed by atoms with E-state index in [1.165, 1.54) is 24.3 Å². The number of nitro benzene ring substituents is 1. The molecule has 0 aromatic heterocycles. The Balaban J connectivity index is 2.65. The van der Waals surface area contributed by atoms with Crippen molar-refractivity contribution in [1.29, 1.82) is 0 Å². The first-order chi connectivity index (χ1) is 10.3. The van der Waals surface area contributed by atoms with E-state index in [-0.39, 0.29) is 32.4 Å². The van der Waals surface area contributed by atoms with Gasteiger partial charge in [0.15, 0.2) is 0 Å². The topological polar surface area (TPSA) is 92.5 Å². The van der Waals surface area contributed by atoms with Crippen molar-refractivity contribution < 1.29 is 14.8 Å². The second kappa shape index (κ2) is 6.39. The summed E-state index contributed by atoms with van der Waals surface area (Å²) in [4.78, 5) is 23.6. The molecule has 0 saturated heterocycles. The van der Waals surface area contributed by atoms with Crippen molar-refractivity contribution in [3.63, 3.8) is 0 Å². The van der Waals surface area contributed by atoms with Crippen molar-refractivity contribution in [1.82, 2.24) is 4.84 Å². The van der Waals surface area contributed by atoms with Crippen LogP contribution in [0, 0.1) is 10.1 Å². The molecule has 2 aromatic carbocycles. The number of halogens is 3. The Labute approximate surface area is 139 Å². The molecule has 22 heavy (non-hydrogen) atoms. The number of nitro groups is 1. The minimum absolute atomic E-state index is 0.0315. The lowest BCUT2D eigenvalue weighted by Gasteiger charge is -2.11. The van der Waals surface area contributed by atoms with Crippen LogP contribution >= 0.6 is 35.0 Å². The van der Waals surface area contributed by atoms with Gasteiger partial charge in [0.25, 0.3) is 11.6 Å². The van der Waals surface area contributed by atoms with Gasteiger partial charge in [0.1, 0.15) is 5.75 Å². The molecule has 1 amide bonds. The van der Waals surface area contributed by atoms with Gasteiger partial charge in [0.2, 0.25) is 0 Å². The van der Waals surface area contributed by atoms with Crippen LogP contribution in [0.1, 0.15) is 10.4 Å². The number of nitrogens with zero attached hydrogens (tertiary/aromatic N) is 1. The summed E-state index contributed by atoms with van der Waals surface area (Å²) in [6.07, 6.45) is 0. The van der Waals surface area contributed by atoms with Gasteiger partial charge in [-0.2, -0.15) is 0 Å². The van der Waals surface area contributed by atoms with Crippen LogP contribution in [0.15, 0.2) is 30.3 Å². The van der Waals surface area contributed by atoms with Crippen LogP contribution in [0.4, 0.5) is 5.69 Å². The number of non-ortho nitro benzene ring substituents is 1. The molecule has 2 N–H and O–H groups in total. The molecule has 0 aliphatic rings. The number of rotatable bonds is 3. The molecular formula is C13H7Cl3N2O4. The number of hydrogen-bond acceptors (Lipinski definition) is 4. The Bertz CT molecular complexity index is 780. The van der Waals surface area contributed by atoms with E-state index < -0.39 is 16.6 Å². The van der Waals surface area contributed by atoms with Crippen LogP contribution in [0.2, 0.25) is 10.0 Å². The number of carbonyl (C=O) groups is 1. The van der Waals surface area contributed by atoms with Gasteiger partial charge in [-0.05, 0) is 18.2 Å². The van der Waals surface area contributed by atoms with Crippen LogP contribution in [0.5, 0.6) is 5.75 Å². The van der Waals surface area contributed by atoms with Gasteiger partial charge in [-0.1, -0.05) is 23.2 Å². The maximum absolute atomic E-state index is 11.6. The third-order valence-corrected chi connectivity index (χ3v) is 3.56. The molecule has 0 atom stereocenters. The first-order valence-corrected chi connectivity index (χ1v) is 6.86. The molecule has 0 radical (unpaired) electrons. The molecule has 2 aromatic rings. The van der Waals surface area contributed by atoms with Crippen molar-refractivity contribution in [3.05, 3.63) is 56.1 Å². The van der Waals surface area contributed by atoms with Crippen LogP contribution in [-0.4, -0.2) is 15.9 Å². The maximum atomic E-state index is 11.6. The van der Waals surface area contributed by atoms with Gasteiger partial charge in [-0.25, -0.2) is 0 Å². The lowest BCUT2D eigenvalue weighted by molar-refractivity contribution is -0.384. The smallest absolute Gasteiger partial charge is 0.270 e. The Kier molecular flexibility index (Phi) is 4.75. The fraction of sp³-hybridized carbons (Fsp3) is 0. The summed E-state index contributed by atoms with van der Waals surface area (Å²) in [5.74, 6) is -1.14. The van der Waals surface area contributed by atoms with E-state index in [1.807, 2.05) is 4.84 Å². The van der Waals surface area contributed by atoms with Crippen LogP contribution in [0.3, 0.4) is 0 Å². The summed E-state index contributed by atoms with van der Waals surface area (Å²) in [6.45, 7) is 0. The van der Waals surface area contributed by atoms with Gasteiger partial charge >= 0.3 is 0 Å². The molecule has 0 saturated carbocycles. The normalized spacial score (nSPS) is 10.3. The van der Waals surface area contributed by atoms with Gasteiger partial charge in [-0.3, -0.25) is 19.7 Å². The summed E-state index contributed by atoms with van der Waals surface area (Å²) in [5, 5.41) is 21.1. The van der Waals surface area contributed by atoms with E-state index in [0.29, 0.717) is 0 Å². The summed E-state index contributed by atoms with van der Waals surface area (Å²) < 4.78 is 0. The van der Waals surface area contributed by atoms with Gasteiger partial charge in [0, 0.05) is 40.1 Å². The molecule has 114 valence electrons. The number of hydrogen-bond donors (Lipinski definition) is 2. The summed E-state index contributed by atoms with van der Waals surface area (Å²) >= 11 is 17.2. The van der Waals surface area contributed by atoms with Crippen molar-refractivity contribution in [3.8, 4) is 16.9 Å². The second-order valence-electron chi connectivity index (χ2n) is 4.19. The predicted octanol–water partition coefficient (Wildman–Crippen LogP) is 4.16. The zero-order chi connectivity index (χ0) is 16.4. The average Bonchev–Trinajstić information content (AvgIpc) is 2.48. The maximum Gasteiger partial charge on any atom is 0.270 e. The summed E-state index contributed by atoms with van der Waals surface area (Å²) in [7, 11) is 0. The summed E-state index contributed by atoms with van der Waals surface area (Å²) in [6, 6.07) is 6.34. The number of benzene rings is 2. The molecule has 0 aliphatic heterocycles. The van der Waals surface area contributed by atoms with Gasteiger partial charge in [-0.15, -0.1) is 0 Å². The number of phenols is 1. The largest absolute Gasteiger partial charge is 0.506 e. The zero-order valence-electron chi connectivity index (χ0n) is 10.6. The monoisotopic (exact) mass is 360 g/mol.